The van der Waals surface area contributed by atoms with Gasteiger partial charge in [-0.25, -0.2) is 0 Å². The maximum atomic E-state index is 14.2. The van der Waals surface area contributed by atoms with E-state index in [1.807, 2.05) is 97.1 Å². The summed E-state index contributed by atoms with van der Waals surface area (Å²) in [7, 11) is -2.66. The highest BCUT2D eigenvalue weighted by Crippen LogP contribution is 2.62. The van der Waals surface area contributed by atoms with Gasteiger partial charge in [0.15, 0.2) is 12.7 Å². The quantitative estimate of drug-likeness (QED) is 0.0826. The zero-order valence-corrected chi connectivity index (χ0v) is 29.3. The fraction of sp³-hybridized carbons (Fsp3) is 0.0250. The molecule has 0 radical (unpaired) electrons. The van der Waals surface area contributed by atoms with Gasteiger partial charge in [-0.1, -0.05) is 96.0 Å². The number of benzene rings is 6. The van der Waals surface area contributed by atoms with Gasteiger partial charge in [-0.2, -0.15) is 0 Å². The Balaban J connectivity index is 1.62. The van der Waals surface area contributed by atoms with Crippen LogP contribution in [0.25, 0.3) is 0 Å². The maximum Gasteiger partial charge on any atom is 0.258 e. The number of rotatable bonds is 11. The van der Waals surface area contributed by atoms with Crippen molar-refractivity contribution in [3.8, 4) is 0 Å². The maximum absolute atomic E-state index is 14.2. The second-order valence-electron chi connectivity index (χ2n) is 10.6. The molecule has 0 aliphatic heterocycles. The van der Waals surface area contributed by atoms with Gasteiger partial charge in [0.1, 0.15) is 15.9 Å². The summed E-state index contributed by atoms with van der Waals surface area (Å²) >= 11 is 16.0. The first-order valence-electron chi connectivity index (χ1n) is 15.0. The fourth-order valence-corrected chi connectivity index (χ4v) is 12.4. The molecule has 0 atom stereocenters. The van der Waals surface area contributed by atoms with Crippen molar-refractivity contribution >= 4 is 75.8 Å². The molecule has 2 nitrogen and oxygen atoms in total. The molecule has 47 heavy (non-hydrogen) atoms. The largest absolute Gasteiger partial charge is 0.292 e. The molecule has 0 saturated carbocycles. The molecule has 0 aliphatic rings. The van der Waals surface area contributed by atoms with E-state index in [4.69, 9.17) is 23.2 Å². The van der Waals surface area contributed by atoms with E-state index in [2.05, 4.69) is 84.2 Å². The Labute approximate surface area is 295 Å². The molecule has 0 bridgehead atoms. The molecular formula is C40H31Cl2NOPS2+. The van der Waals surface area contributed by atoms with Gasteiger partial charge in [-0.05, 0) is 97.1 Å². The Bertz CT molecular complexity index is 1780. The third kappa shape index (κ3) is 8.04. The van der Waals surface area contributed by atoms with Gasteiger partial charge in [0, 0.05) is 31.5 Å². The molecule has 0 spiro atoms. The number of thioether (sulfide) groups is 2. The third-order valence-corrected chi connectivity index (χ3v) is 14.6. The number of nitrogens with one attached hydrogen (secondary N) is 1. The summed E-state index contributed by atoms with van der Waals surface area (Å²) in [6.07, 6.45) is 2.25. The topological polar surface area (TPSA) is 29.1 Å². The van der Waals surface area contributed by atoms with Crippen LogP contribution in [-0.2, 0) is 0 Å². The third-order valence-electron chi connectivity index (χ3n) is 7.50. The van der Waals surface area contributed by atoms with E-state index in [1.165, 1.54) is 0 Å². The van der Waals surface area contributed by atoms with Crippen LogP contribution in [0.5, 0.6) is 0 Å². The molecule has 7 heteroatoms. The van der Waals surface area contributed by atoms with Crippen LogP contribution in [0.4, 0.5) is 0 Å². The van der Waals surface area contributed by atoms with E-state index in [1.54, 1.807) is 23.5 Å². The van der Waals surface area contributed by atoms with Crippen molar-refractivity contribution in [3.63, 3.8) is 0 Å². The Morgan fingerprint density at radius 3 is 1.28 bits per heavy atom. The van der Waals surface area contributed by atoms with Crippen molar-refractivity contribution in [1.29, 1.82) is 0 Å². The molecule has 0 aliphatic carbocycles. The van der Waals surface area contributed by atoms with Gasteiger partial charge in [-0.3, -0.25) is 10.1 Å². The van der Waals surface area contributed by atoms with Crippen LogP contribution in [0.3, 0.4) is 0 Å². The van der Waals surface area contributed by atoms with Crippen LogP contribution in [0.15, 0.2) is 191 Å². The lowest BCUT2D eigenvalue weighted by molar-refractivity contribution is 0.0968. The highest BCUT2D eigenvalue weighted by Gasteiger charge is 2.51. The highest BCUT2D eigenvalue weighted by atomic mass is 35.5. The van der Waals surface area contributed by atoms with Crippen molar-refractivity contribution in [3.05, 3.63) is 197 Å². The SMILES string of the molecule is O=C(N/C(=C\C(Sc1ccc(Cl)cc1)Sc1ccc(Cl)cc1)[P+](c1ccccc1)(c1ccccc1)c1ccccc1)c1ccccc1. The molecule has 6 aromatic carbocycles. The van der Waals surface area contributed by atoms with Crippen LogP contribution in [0.1, 0.15) is 10.4 Å². The van der Waals surface area contributed by atoms with Crippen molar-refractivity contribution in [2.75, 3.05) is 0 Å². The molecule has 1 amide bonds. The second kappa shape index (κ2) is 15.9. The predicted octanol–water partition coefficient (Wildman–Crippen LogP) is 10.5. The smallest absolute Gasteiger partial charge is 0.258 e. The van der Waals surface area contributed by atoms with Crippen LogP contribution >= 0.6 is 54.0 Å². The normalized spacial score (nSPS) is 11.8. The lowest BCUT2D eigenvalue weighted by atomic mass is 10.2. The molecule has 0 heterocycles. The molecule has 6 rings (SSSR count). The molecule has 0 aromatic heterocycles. The number of carbonyl (C=O) groups excluding carboxylic acids is 1. The Morgan fingerprint density at radius 2 is 0.894 bits per heavy atom. The van der Waals surface area contributed by atoms with Gasteiger partial charge < -0.3 is 0 Å². The summed E-state index contributed by atoms with van der Waals surface area (Å²) in [4.78, 5) is 16.3. The van der Waals surface area contributed by atoms with Crippen LogP contribution in [0.2, 0.25) is 10.0 Å². The van der Waals surface area contributed by atoms with Gasteiger partial charge in [0.05, 0.1) is 4.58 Å². The molecule has 0 saturated heterocycles. The first kappa shape index (κ1) is 33.2. The average molecular weight is 708 g/mol. The van der Waals surface area contributed by atoms with Crippen LogP contribution < -0.4 is 21.2 Å². The number of hydrogen-bond donors (Lipinski definition) is 1. The van der Waals surface area contributed by atoms with E-state index >= 15 is 0 Å². The Kier molecular flexibility index (Phi) is 11.2. The lowest BCUT2D eigenvalue weighted by Crippen LogP contribution is -2.38. The summed E-state index contributed by atoms with van der Waals surface area (Å²) in [5, 5.41) is 8.29. The average Bonchev–Trinajstić information content (AvgIpc) is 3.12. The second-order valence-corrected chi connectivity index (χ2v) is 17.5. The monoisotopic (exact) mass is 706 g/mol. The van der Waals surface area contributed by atoms with Crippen molar-refractivity contribution in [1.82, 2.24) is 5.32 Å². The zero-order chi connectivity index (χ0) is 32.5. The number of carbonyl (C=O) groups is 1. The molecule has 1 N–H and O–H groups in total. The Hall–Kier alpha value is -3.76. The van der Waals surface area contributed by atoms with Crippen molar-refractivity contribution in [2.24, 2.45) is 0 Å². The number of amides is 1. The minimum absolute atomic E-state index is 0.140. The highest BCUT2D eigenvalue weighted by molar-refractivity contribution is 8.17. The zero-order valence-electron chi connectivity index (χ0n) is 25.2. The molecule has 0 unspecified atom stereocenters. The van der Waals surface area contributed by atoms with Crippen LogP contribution in [0, 0.1) is 0 Å². The first-order chi connectivity index (χ1) is 23.0. The molecule has 0 fully saturated rings. The van der Waals surface area contributed by atoms with Gasteiger partial charge in [-0.15, -0.1) is 23.5 Å². The van der Waals surface area contributed by atoms with Gasteiger partial charge in [0.25, 0.3) is 5.91 Å². The summed E-state index contributed by atoms with van der Waals surface area (Å²) < 4.78 is -0.140. The van der Waals surface area contributed by atoms with E-state index in [9.17, 15) is 4.79 Å². The van der Waals surface area contributed by atoms with E-state index in [-0.39, 0.29) is 10.5 Å². The molecule has 6 aromatic rings. The minimum atomic E-state index is -2.66. The molecular weight excluding hydrogens is 676 g/mol. The summed E-state index contributed by atoms with van der Waals surface area (Å²) in [6, 6.07) is 56.9. The minimum Gasteiger partial charge on any atom is -0.292 e. The lowest BCUT2D eigenvalue weighted by Gasteiger charge is -2.30. The summed E-state index contributed by atoms with van der Waals surface area (Å²) in [5.74, 6) is -0.157. The van der Waals surface area contributed by atoms with E-state index < -0.39 is 7.26 Å². The predicted molar refractivity (Wildman–Crippen MR) is 206 cm³/mol. The summed E-state index contributed by atoms with van der Waals surface area (Å²) in [6.45, 7) is 0. The standard InChI is InChI=1S/C40H30Cl2NOPS2/c41-31-21-25-36(26-22-31)46-39(47-37-27-23-32(42)24-28-37)29-38(43-40(44)30-13-5-1-6-14-30)45(33-15-7-2-8-16-33,34-17-9-3-10-18-34)35-19-11-4-12-20-35/h1-29,39H/p+1/b38-29+. The number of hydrogen-bond acceptors (Lipinski definition) is 3. The van der Waals surface area contributed by atoms with Gasteiger partial charge in [0.2, 0.25) is 0 Å². The van der Waals surface area contributed by atoms with Crippen molar-refractivity contribution in [2.45, 2.75) is 14.4 Å². The summed E-state index contributed by atoms with van der Waals surface area (Å²) in [5.41, 5.74) is 1.46. The first-order valence-corrected chi connectivity index (χ1v) is 19.3. The van der Waals surface area contributed by atoms with Crippen molar-refractivity contribution < 1.29 is 4.79 Å². The molecule has 232 valence electrons. The fourth-order valence-electron chi connectivity index (χ4n) is 5.35. The Morgan fingerprint density at radius 1 is 0.532 bits per heavy atom. The van der Waals surface area contributed by atoms with E-state index in [0.29, 0.717) is 15.6 Å². The van der Waals surface area contributed by atoms with E-state index in [0.717, 1.165) is 31.1 Å². The number of halogens is 2. The van der Waals surface area contributed by atoms with Gasteiger partial charge >= 0.3 is 0 Å². The van der Waals surface area contributed by atoms with Crippen LogP contribution in [-0.4, -0.2) is 10.5 Å².